The van der Waals surface area contributed by atoms with E-state index in [-0.39, 0.29) is 12.1 Å². The van der Waals surface area contributed by atoms with Gasteiger partial charge in [0.1, 0.15) is 22.9 Å². The third-order valence-electron chi connectivity index (χ3n) is 10.1. The summed E-state index contributed by atoms with van der Waals surface area (Å²) in [5.41, 5.74) is 3.21. The summed E-state index contributed by atoms with van der Waals surface area (Å²) in [7, 11) is 2.96. The molecule has 2 saturated heterocycles. The first-order valence-corrected chi connectivity index (χ1v) is 16.4. The smallest absolute Gasteiger partial charge is 0.338 e. The third kappa shape index (κ3) is 5.06. The van der Waals surface area contributed by atoms with Crippen LogP contribution in [-0.2, 0) is 28.4 Å². The summed E-state index contributed by atoms with van der Waals surface area (Å²) in [6.07, 6.45) is 3.18. The van der Waals surface area contributed by atoms with E-state index in [1.165, 1.54) is 13.2 Å². The topological polar surface area (TPSA) is 87.5 Å². The number of rotatable bonds is 8. The molecule has 12 heteroatoms. The van der Waals surface area contributed by atoms with Crippen LogP contribution in [0, 0.1) is 5.82 Å². The van der Waals surface area contributed by atoms with Gasteiger partial charge < -0.3 is 33.2 Å². The van der Waals surface area contributed by atoms with Crippen molar-refractivity contribution in [2.45, 2.75) is 63.3 Å². The molecule has 4 aromatic rings. The predicted octanol–water partition coefficient (Wildman–Crippen LogP) is 5.91. The maximum atomic E-state index is 15.0. The minimum Gasteiger partial charge on any atom is -0.494 e. The zero-order chi connectivity index (χ0) is 32.4. The molecule has 0 spiro atoms. The maximum absolute atomic E-state index is 15.0. The Labute approximate surface area is 276 Å². The van der Waals surface area contributed by atoms with E-state index < -0.39 is 17.6 Å². The second-order valence-corrected chi connectivity index (χ2v) is 13.1. The molecule has 0 bridgehead atoms. The molecule has 47 heavy (non-hydrogen) atoms. The summed E-state index contributed by atoms with van der Waals surface area (Å²) in [5, 5.41) is 0.317. The van der Waals surface area contributed by atoms with Crippen LogP contribution in [0.4, 0.5) is 10.1 Å². The molecule has 4 atom stereocenters. The number of anilines is 1. The highest BCUT2D eigenvalue weighted by Crippen LogP contribution is 2.51. The van der Waals surface area contributed by atoms with Crippen LogP contribution in [0.5, 0.6) is 17.2 Å². The Kier molecular flexibility index (Phi) is 7.46. The summed E-state index contributed by atoms with van der Waals surface area (Å²) in [6.45, 7) is 5.36. The van der Waals surface area contributed by atoms with E-state index in [4.69, 9.17) is 40.3 Å². The van der Waals surface area contributed by atoms with E-state index in [1.54, 1.807) is 32.2 Å². The molecular weight excluding hydrogens is 627 g/mol. The van der Waals surface area contributed by atoms with E-state index >= 15 is 0 Å². The number of esters is 1. The normalized spacial score (nSPS) is 24.9. The Morgan fingerprint density at radius 2 is 1.91 bits per heavy atom. The molecule has 10 nitrogen and oxygen atoms in total. The number of carbonyl (C=O) groups is 1. The van der Waals surface area contributed by atoms with Gasteiger partial charge in [-0.25, -0.2) is 14.2 Å². The second kappa shape index (κ2) is 11.6. The van der Waals surface area contributed by atoms with Crippen LogP contribution in [0.1, 0.15) is 47.9 Å². The van der Waals surface area contributed by atoms with Gasteiger partial charge in [-0.2, -0.15) is 0 Å². The van der Waals surface area contributed by atoms with Gasteiger partial charge in [-0.05, 0) is 61.7 Å². The molecule has 3 aliphatic heterocycles. The summed E-state index contributed by atoms with van der Waals surface area (Å²) in [4.78, 5) is 22.5. The fourth-order valence-electron chi connectivity index (χ4n) is 7.39. The highest BCUT2D eigenvalue weighted by Gasteiger charge is 2.47. The van der Waals surface area contributed by atoms with Crippen molar-refractivity contribution in [1.29, 1.82) is 0 Å². The quantitative estimate of drug-likeness (QED) is 0.214. The number of carbonyl (C=O) groups excluding carboxylic acids is 1. The first-order chi connectivity index (χ1) is 22.8. The van der Waals surface area contributed by atoms with Gasteiger partial charge in [0.15, 0.2) is 11.5 Å². The molecule has 3 aromatic carbocycles. The van der Waals surface area contributed by atoms with Gasteiger partial charge in [0.2, 0.25) is 0 Å². The van der Waals surface area contributed by atoms with Gasteiger partial charge in [0.05, 0.1) is 55.7 Å². The van der Waals surface area contributed by atoms with Gasteiger partial charge >= 0.3 is 5.97 Å². The van der Waals surface area contributed by atoms with Crippen molar-refractivity contribution in [3.63, 3.8) is 0 Å². The van der Waals surface area contributed by atoms with Crippen LogP contribution in [0.2, 0.25) is 5.02 Å². The first kappa shape index (κ1) is 30.3. The summed E-state index contributed by atoms with van der Waals surface area (Å²) >= 11 is 6.02. The molecule has 0 amide bonds. The SMILES string of the molecule is COC(=O)c1cc(OC)c2nc(CN3CCN(c4cccc5c4OC(C)(c4ccc(Cl)cc4F)O5)C4CCC43)n(C[C@@H]3CCO3)c2c1. The number of hydrogen-bond acceptors (Lipinski definition) is 9. The van der Waals surface area contributed by atoms with Crippen LogP contribution in [0.25, 0.3) is 11.0 Å². The van der Waals surface area contributed by atoms with E-state index in [1.807, 2.05) is 18.2 Å². The van der Waals surface area contributed by atoms with E-state index in [2.05, 4.69) is 20.4 Å². The number of methoxy groups -OCH3 is 2. The lowest BCUT2D eigenvalue weighted by molar-refractivity contribution is -0.0706. The van der Waals surface area contributed by atoms with Crippen molar-refractivity contribution in [2.24, 2.45) is 0 Å². The zero-order valence-electron chi connectivity index (χ0n) is 26.5. The van der Waals surface area contributed by atoms with Crippen LogP contribution < -0.4 is 19.1 Å². The highest BCUT2D eigenvalue weighted by molar-refractivity contribution is 6.30. The van der Waals surface area contributed by atoms with Crippen LogP contribution in [0.15, 0.2) is 48.5 Å². The Hall–Kier alpha value is -4.06. The number of hydrogen-bond donors (Lipinski definition) is 0. The molecule has 0 N–H and O–H groups in total. The maximum Gasteiger partial charge on any atom is 0.338 e. The highest BCUT2D eigenvalue weighted by atomic mass is 35.5. The molecule has 4 heterocycles. The minimum absolute atomic E-state index is 0.0988. The summed E-state index contributed by atoms with van der Waals surface area (Å²) < 4.78 is 46.4. The lowest BCUT2D eigenvalue weighted by Crippen LogP contribution is -2.64. The van der Waals surface area contributed by atoms with E-state index in [9.17, 15) is 9.18 Å². The van der Waals surface area contributed by atoms with Crippen molar-refractivity contribution < 1.29 is 32.9 Å². The monoisotopic (exact) mass is 662 g/mol. The Bertz CT molecular complexity index is 1880. The van der Waals surface area contributed by atoms with Crippen molar-refractivity contribution in [1.82, 2.24) is 14.5 Å². The average molecular weight is 663 g/mol. The molecule has 1 aromatic heterocycles. The molecule has 1 aliphatic carbocycles. The number of ether oxygens (including phenoxy) is 5. The minimum atomic E-state index is -1.31. The number of para-hydroxylation sites is 1. The Morgan fingerprint density at radius 3 is 2.62 bits per heavy atom. The van der Waals surface area contributed by atoms with Gasteiger partial charge in [-0.15, -0.1) is 0 Å². The lowest BCUT2D eigenvalue weighted by Gasteiger charge is -2.54. The predicted molar refractivity (Wildman–Crippen MR) is 173 cm³/mol. The molecule has 246 valence electrons. The van der Waals surface area contributed by atoms with Crippen molar-refractivity contribution in [3.8, 4) is 17.2 Å². The number of halogens is 2. The van der Waals surface area contributed by atoms with Gasteiger partial charge in [-0.1, -0.05) is 17.7 Å². The largest absolute Gasteiger partial charge is 0.494 e. The Morgan fingerprint density at radius 1 is 1.09 bits per heavy atom. The molecule has 3 unspecified atom stereocenters. The fraction of sp³-hybridized carbons (Fsp3) is 0.429. The van der Waals surface area contributed by atoms with Gasteiger partial charge in [-0.3, -0.25) is 4.90 Å². The van der Waals surface area contributed by atoms with E-state index in [0.29, 0.717) is 52.5 Å². The molecule has 8 rings (SSSR count). The summed E-state index contributed by atoms with van der Waals surface area (Å²) in [6, 6.07) is 14.5. The number of fused-ring (bicyclic) bond motifs is 3. The third-order valence-corrected chi connectivity index (χ3v) is 10.3. The molecular formula is C35H36ClFN4O6. The molecule has 4 aliphatic rings. The second-order valence-electron chi connectivity index (χ2n) is 12.7. The zero-order valence-corrected chi connectivity index (χ0v) is 27.3. The number of aromatic nitrogens is 2. The van der Waals surface area contributed by atoms with Gasteiger partial charge in [0.25, 0.3) is 5.79 Å². The number of benzene rings is 3. The van der Waals surface area contributed by atoms with Crippen LogP contribution in [-0.4, -0.2) is 72.5 Å². The number of nitrogens with zero attached hydrogens (tertiary/aromatic N) is 4. The van der Waals surface area contributed by atoms with E-state index in [0.717, 1.165) is 61.5 Å². The van der Waals surface area contributed by atoms with Gasteiger partial charge in [0, 0.05) is 43.7 Å². The lowest BCUT2D eigenvalue weighted by atomic mass is 9.81. The molecule has 3 fully saturated rings. The van der Waals surface area contributed by atoms with Crippen molar-refractivity contribution in [3.05, 3.63) is 76.3 Å². The number of imidazole rings is 1. The Balaban J connectivity index is 1.07. The first-order valence-electron chi connectivity index (χ1n) is 16.0. The fourth-order valence-corrected chi connectivity index (χ4v) is 7.55. The molecule has 1 saturated carbocycles. The summed E-state index contributed by atoms with van der Waals surface area (Å²) in [5.74, 6) is 0.446. The van der Waals surface area contributed by atoms with Crippen LogP contribution >= 0.6 is 11.6 Å². The van der Waals surface area contributed by atoms with Crippen molar-refractivity contribution in [2.75, 3.05) is 38.8 Å². The number of piperazine rings is 1. The standard InChI is InChI=1S/C35H36ClFN4O6/c1-35(23-8-7-21(36)17-24(23)37)46-29-6-4-5-27(33(29)47-35)40-13-12-39(25-9-10-26(25)40)19-31-38-32-28(41(31)18-22-11-14-45-22)15-20(34(42)44-3)16-30(32)43-2/h4-8,15-17,22,25-26H,9-14,18-19H2,1-3H3/t22-,25?,26?,35?/m0/s1. The van der Waals surface area contributed by atoms with Crippen LogP contribution in [0.3, 0.4) is 0 Å². The van der Waals surface area contributed by atoms with Crippen molar-refractivity contribution >= 4 is 34.3 Å². The molecule has 0 radical (unpaired) electrons. The average Bonchev–Trinajstić information content (AvgIpc) is 3.55.